The smallest absolute Gasteiger partial charge is 0.410 e. The van der Waals surface area contributed by atoms with Gasteiger partial charge < -0.3 is 59.3 Å². The van der Waals surface area contributed by atoms with E-state index in [0.717, 1.165) is 119 Å². The van der Waals surface area contributed by atoms with Gasteiger partial charge in [0.25, 0.3) is 11.8 Å². The third kappa shape index (κ3) is 14.9. The van der Waals surface area contributed by atoms with E-state index in [0.29, 0.717) is 115 Å². The van der Waals surface area contributed by atoms with E-state index in [2.05, 4.69) is 54.9 Å². The largest absolute Gasteiger partial charge is 0.436 e. The van der Waals surface area contributed by atoms with Crippen molar-refractivity contribution in [1.29, 1.82) is 0 Å². The van der Waals surface area contributed by atoms with Crippen molar-refractivity contribution in [3.8, 4) is 0 Å². The van der Waals surface area contributed by atoms with Crippen LogP contribution in [0.5, 0.6) is 0 Å². The Balaban J connectivity index is 0.000000172. The number of halogens is 1. The zero-order chi connectivity index (χ0) is 65.9. The molecule has 22 nitrogen and oxygen atoms in total. The van der Waals surface area contributed by atoms with Crippen LogP contribution in [-0.2, 0) is 45.0 Å². The van der Waals surface area contributed by atoms with Crippen LogP contribution in [-0.4, -0.2) is 213 Å². The predicted molar refractivity (Wildman–Crippen MR) is 360 cm³/mol. The Morgan fingerprint density at radius 3 is 1.37 bits per heavy atom. The van der Waals surface area contributed by atoms with Crippen LogP contribution in [0.4, 0.5) is 34.9 Å². The van der Waals surface area contributed by atoms with Gasteiger partial charge in [0.15, 0.2) is 12.2 Å². The summed E-state index contributed by atoms with van der Waals surface area (Å²) in [5, 5.41) is 22.0. The van der Waals surface area contributed by atoms with Gasteiger partial charge in [-0.2, -0.15) is 10.2 Å². The summed E-state index contributed by atoms with van der Waals surface area (Å²) in [7, 11) is 4.38. The van der Waals surface area contributed by atoms with E-state index in [9.17, 15) is 33.2 Å². The zero-order valence-electron chi connectivity index (χ0n) is 55.5. The number of hydrogen-bond acceptors (Lipinski definition) is 12. The van der Waals surface area contributed by atoms with Gasteiger partial charge in [-0.15, -0.1) is 0 Å². The number of piperidine rings is 6. The number of aromatic nitrogens is 4. The highest BCUT2D eigenvalue weighted by Crippen LogP contribution is 2.37. The van der Waals surface area contributed by atoms with E-state index >= 15 is 0 Å². The minimum Gasteiger partial charge on any atom is -0.436 e. The van der Waals surface area contributed by atoms with E-state index in [1.54, 1.807) is 33.2 Å². The first-order valence-electron chi connectivity index (χ1n) is 34.8. The van der Waals surface area contributed by atoms with E-state index in [4.69, 9.17) is 9.47 Å². The summed E-state index contributed by atoms with van der Waals surface area (Å²) in [6, 6.07) is 20.3. The van der Waals surface area contributed by atoms with Crippen molar-refractivity contribution in [3.63, 3.8) is 0 Å². The van der Waals surface area contributed by atoms with Crippen molar-refractivity contribution >= 4 is 69.2 Å². The number of nitrogens with zero attached hydrogens (tertiary/aromatic N) is 10. The van der Waals surface area contributed by atoms with Gasteiger partial charge in [-0.3, -0.25) is 19.8 Å². The molecule has 8 aliphatic rings. The molecule has 95 heavy (non-hydrogen) atoms. The lowest BCUT2D eigenvalue weighted by Crippen LogP contribution is -2.52. The van der Waals surface area contributed by atoms with Gasteiger partial charge in [0, 0.05) is 107 Å². The van der Waals surface area contributed by atoms with Gasteiger partial charge in [0.05, 0.1) is 29.1 Å². The number of para-hydroxylation sites is 2. The van der Waals surface area contributed by atoms with E-state index < -0.39 is 30.2 Å². The molecular formula is C72H93FN14O8. The number of hydrogen-bond donors (Lipinski definition) is 4. The number of benzene rings is 4. The highest BCUT2D eigenvalue weighted by Gasteiger charge is 2.41. The van der Waals surface area contributed by atoms with Crippen LogP contribution in [0.2, 0.25) is 0 Å². The maximum Gasteiger partial charge on any atom is 0.410 e. The maximum absolute atomic E-state index is 14.2. The van der Waals surface area contributed by atoms with Crippen LogP contribution in [0.3, 0.4) is 0 Å². The first-order chi connectivity index (χ1) is 46.0. The molecule has 8 amide bonds. The van der Waals surface area contributed by atoms with E-state index in [1.807, 2.05) is 83.1 Å². The predicted octanol–water partition coefficient (Wildman–Crippen LogP) is 10.2. The molecule has 4 N–H and O–H groups in total. The Hall–Kier alpha value is -8.31. The highest BCUT2D eigenvalue weighted by atomic mass is 19.1. The Morgan fingerprint density at radius 1 is 0.505 bits per heavy atom. The van der Waals surface area contributed by atoms with Crippen molar-refractivity contribution in [2.75, 3.05) is 103 Å². The van der Waals surface area contributed by atoms with Crippen LogP contribution >= 0.6 is 0 Å². The Morgan fingerprint density at radius 2 is 0.905 bits per heavy atom. The second kappa shape index (κ2) is 29.0. The molecule has 2 aromatic heterocycles. The number of likely N-dealkylation sites (tertiary alicyclic amines) is 6. The molecule has 6 aromatic rings. The molecule has 10 heterocycles. The Kier molecular flexibility index (Phi) is 19.9. The number of urea groups is 2. The molecule has 506 valence electrons. The number of aryl methyl sites for hydroxylation is 2. The van der Waals surface area contributed by atoms with Gasteiger partial charge in [-0.1, -0.05) is 42.5 Å². The summed E-state index contributed by atoms with van der Waals surface area (Å²) < 4.78 is 26.4. The minimum absolute atomic E-state index is 0.0281. The number of ether oxygens (including phenoxy) is 2. The molecule has 0 radical (unpaired) electrons. The summed E-state index contributed by atoms with van der Waals surface area (Å²) in [5.41, 5.74) is 8.77. The van der Waals surface area contributed by atoms with Crippen molar-refractivity contribution in [3.05, 3.63) is 118 Å². The minimum atomic E-state index is -0.946. The molecule has 14 rings (SSSR count). The molecular weight excluding hydrogens is 1210 g/mol. The molecule has 4 aromatic carbocycles. The standard InChI is InChI=1S/C36H46FN7O4.C36H47N7O4/c1-23-18-24(19-28-21-38-40-32(23)28)20-31(34(45)42-14-8-26(9-15-42)25-6-12-41(2)13-7-25)48-36(47)43-16-10-29(11-17-43)44-22-27-4-3-5-30(37)33(27)39-35(44)46;1-24-19-25(20-29-22-37-39-33(24)29)21-32(34(44)41-15-9-27(10-16-41)26-7-13-40(2)14-8-26)47-36(46)42-17-11-30(12-18-42)43-23-28-5-3-4-6-31(28)38-35(43)45/h3-5,18-19,21,25-26,29,31H,6-17,20,22H2,1-2H3,(H,38,40)(H,39,46);3-6,19-20,22,26-27,30,32H,7-18,21,23H2,1-2H3,(H,37,39)(H,38,45). The molecule has 23 heteroatoms. The third-order valence-electron chi connectivity index (χ3n) is 22.2. The summed E-state index contributed by atoms with van der Waals surface area (Å²) in [5.74, 6) is 2.04. The van der Waals surface area contributed by atoms with E-state index in [1.165, 1.54) is 31.7 Å². The van der Waals surface area contributed by atoms with Gasteiger partial charge >= 0.3 is 24.2 Å². The van der Waals surface area contributed by atoms with E-state index in [-0.39, 0.29) is 48.1 Å². The first kappa shape index (κ1) is 65.4. The summed E-state index contributed by atoms with van der Waals surface area (Å²) in [6.07, 6.45) is 12.6. The highest BCUT2D eigenvalue weighted by molar-refractivity contribution is 5.94. The van der Waals surface area contributed by atoms with Gasteiger partial charge in [0.1, 0.15) is 5.82 Å². The topological polar surface area (TPSA) is 228 Å². The van der Waals surface area contributed by atoms with Crippen LogP contribution in [0.25, 0.3) is 21.8 Å². The lowest BCUT2D eigenvalue weighted by atomic mass is 9.79. The molecule has 2 unspecified atom stereocenters. The summed E-state index contributed by atoms with van der Waals surface area (Å²) >= 11 is 0. The van der Waals surface area contributed by atoms with Crippen LogP contribution in [0, 0.1) is 43.3 Å². The number of H-pyrrole nitrogens is 2. The lowest BCUT2D eigenvalue weighted by molar-refractivity contribution is -0.143. The number of aromatic amines is 2. The molecule has 0 aliphatic carbocycles. The molecule has 6 saturated heterocycles. The normalized spacial score (nSPS) is 21.0. The first-order valence-corrected chi connectivity index (χ1v) is 34.8. The van der Waals surface area contributed by atoms with Gasteiger partial charge in [-0.25, -0.2) is 23.6 Å². The monoisotopic (exact) mass is 1300 g/mol. The molecule has 2 atom stereocenters. The fraction of sp³-hybridized carbons (Fsp3) is 0.556. The number of anilines is 2. The molecule has 8 aliphatic heterocycles. The summed E-state index contributed by atoms with van der Waals surface area (Å²) in [4.78, 5) is 96.8. The van der Waals surface area contributed by atoms with Crippen LogP contribution in [0.15, 0.2) is 79.1 Å². The molecule has 0 spiro atoms. The van der Waals surface area contributed by atoms with Gasteiger partial charge in [-0.05, 0) is 212 Å². The number of nitrogens with one attached hydrogen (secondary N) is 4. The van der Waals surface area contributed by atoms with Crippen molar-refractivity contribution in [1.82, 2.24) is 59.6 Å². The fourth-order valence-electron chi connectivity index (χ4n) is 16.4. The Labute approximate surface area is 555 Å². The van der Waals surface area contributed by atoms with Crippen LogP contribution < -0.4 is 10.6 Å². The molecule has 6 fully saturated rings. The number of amides is 8. The van der Waals surface area contributed by atoms with Gasteiger partial charge in [0.2, 0.25) is 0 Å². The third-order valence-corrected chi connectivity index (χ3v) is 22.2. The maximum atomic E-state index is 14.2. The second-order valence-electron chi connectivity index (χ2n) is 28.2. The Bertz CT molecular complexity index is 3740. The van der Waals surface area contributed by atoms with Crippen molar-refractivity contribution in [2.45, 2.75) is 141 Å². The number of carbonyl (C=O) groups excluding carboxylic acids is 6. The molecule has 0 saturated carbocycles. The SMILES string of the molecule is Cc1cc(CC(OC(=O)N2CCC(N3Cc4cccc(F)c4NC3=O)CC2)C(=O)N2CCC(C3CCN(C)CC3)CC2)cc2cn[nH]c12.Cc1cc(CC(OC(=O)N2CCC(N3Cc4ccccc4NC3=O)CC2)C(=O)N2CCC(C3CCN(C)CC3)CC2)cc2cn[nH]c12. The zero-order valence-corrected chi connectivity index (χ0v) is 55.5. The number of rotatable bonds is 12. The number of fused-ring (bicyclic) bond motifs is 4. The molecule has 0 bridgehead atoms. The summed E-state index contributed by atoms with van der Waals surface area (Å²) in [6.45, 7) is 14.0. The number of carbonyl (C=O) groups is 6. The lowest BCUT2D eigenvalue weighted by Gasteiger charge is -2.41. The average Bonchev–Trinajstić information content (AvgIpc) is 1.81. The van der Waals surface area contributed by atoms with Crippen LogP contribution in [0.1, 0.15) is 110 Å². The second-order valence-corrected chi connectivity index (χ2v) is 28.2. The average molecular weight is 1300 g/mol. The quantitative estimate of drug-likeness (QED) is 0.0897. The fourth-order valence-corrected chi connectivity index (χ4v) is 16.4. The van der Waals surface area contributed by atoms with Crippen molar-refractivity contribution < 1.29 is 42.6 Å². The van der Waals surface area contributed by atoms with Crippen molar-refractivity contribution in [2.24, 2.45) is 23.7 Å².